The minimum atomic E-state index is -4.31. The van der Waals surface area contributed by atoms with Crippen LogP contribution in [0.25, 0.3) is 0 Å². The molecule has 0 aromatic rings. The first-order valence-electron chi connectivity index (χ1n) is 3.66. The van der Waals surface area contributed by atoms with E-state index in [-0.39, 0.29) is 5.57 Å². The second-order valence-electron chi connectivity index (χ2n) is 2.70. The Morgan fingerprint density at radius 3 is 2.00 bits per heavy atom. The summed E-state index contributed by atoms with van der Waals surface area (Å²) in [5, 5.41) is 0. The number of hydrogen-bond acceptors (Lipinski definition) is 1. The van der Waals surface area contributed by atoms with Crippen LogP contribution in [0.1, 0.15) is 13.8 Å². The molecule has 0 unspecified atom stereocenters. The summed E-state index contributed by atoms with van der Waals surface area (Å²) >= 11 is 0. The SMILES string of the molecule is C=C(C)/C(C=NC)=C(/C)C(F)(F)F. The normalized spacial score (nSPS) is 14.6. The van der Waals surface area contributed by atoms with Crippen molar-refractivity contribution in [2.75, 3.05) is 7.05 Å². The Hall–Kier alpha value is -1.06. The molecular weight excluding hydrogens is 179 g/mol. The molecule has 0 rings (SSSR count). The minimum Gasteiger partial charge on any atom is -0.296 e. The van der Waals surface area contributed by atoms with Gasteiger partial charge in [-0.25, -0.2) is 0 Å². The van der Waals surface area contributed by atoms with Gasteiger partial charge in [-0.2, -0.15) is 13.2 Å². The highest BCUT2D eigenvalue weighted by molar-refractivity contribution is 5.85. The molecule has 0 radical (unpaired) electrons. The number of alkyl halides is 3. The second-order valence-corrected chi connectivity index (χ2v) is 2.70. The fourth-order valence-corrected chi connectivity index (χ4v) is 0.809. The Morgan fingerprint density at radius 1 is 1.31 bits per heavy atom. The van der Waals surface area contributed by atoms with Gasteiger partial charge in [0.15, 0.2) is 0 Å². The summed E-state index contributed by atoms with van der Waals surface area (Å²) < 4.78 is 36.7. The van der Waals surface area contributed by atoms with E-state index in [9.17, 15) is 13.2 Å². The van der Waals surface area contributed by atoms with Crippen molar-refractivity contribution in [3.63, 3.8) is 0 Å². The lowest BCUT2D eigenvalue weighted by Crippen LogP contribution is -2.12. The standard InChI is InChI=1S/C9H12F3N/c1-6(2)8(5-13-4)7(3)9(10,11)12/h5H,1H2,2-4H3/b8-7-,13-5?. The maximum Gasteiger partial charge on any atom is 0.413 e. The van der Waals surface area contributed by atoms with Gasteiger partial charge in [-0.05, 0) is 19.4 Å². The van der Waals surface area contributed by atoms with E-state index in [1.54, 1.807) is 0 Å². The molecule has 0 aliphatic rings. The van der Waals surface area contributed by atoms with E-state index in [0.29, 0.717) is 5.57 Å². The average molecular weight is 191 g/mol. The maximum absolute atomic E-state index is 12.2. The Kier molecular flexibility index (Phi) is 3.91. The van der Waals surface area contributed by atoms with E-state index in [4.69, 9.17) is 0 Å². The van der Waals surface area contributed by atoms with Crippen LogP contribution in [0.15, 0.2) is 28.3 Å². The molecule has 0 aromatic carbocycles. The summed E-state index contributed by atoms with van der Waals surface area (Å²) in [5.74, 6) is 0. The van der Waals surface area contributed by atoms with Crippen LogP contribution >= 0.6 is 0 Å². The summed E-state index contributed by atoms with van der Waals surface area (Å²) in [5.41, 5.74) is -0.249. The van der Waals surface area contributed by atoms with E-state index >= 15 is 0 Å². The van der Waals surface area contributed by atoms with Crippen LogP contribution in [0.4, 0.5) is 13.2 Å². The zero-order chi connectivity index (χ0) is 10.6. The van der Waals surface area contributed by atoms with Gasteiger partial charge in [-0.15, -0.1) is 0 Å². The molecule has 74 valence electrons. The van der Waals surface area contributed by atoms with Crippen LogP contribution in [0.2, 0.25) is 0 Å². The van der Waals surface area contributed by atoms with Crippen LogP contribution in [-0.4, -0.2) is 19.4 Å². The van der Waals surface area contributed by atoms with E-state index < -0.39 is 11.7 Å². The predicted molar refractivity (Wildman–Crippen MR) is 48.0 cm³/mol. The first-order chi connectivity index (χ1) is 5.80. The number of rotatable bonds is 2. The third-order valence-corrected chi connectivity index (χ3v) is 1.55. The highest BCUT2D eigenvalue weighted by Crippen LogP contribution is 2.29. The van der Waals surface area contributed by atoms with Gasteiger partial charge in [-0.3, -0.25) is 4.99 Å². The Balaban J connectivity index is 5.22. The van der Waals surface area contributed by atoms with Crippen molar-refractivity contribution in [3.8, 4) is 0 Å². The molecule has 0 fully saturated rings. The van der Waals surface area contributed by atoms with Crippen molar-refractivity contribution in [2.45, 2.75) is 20.0 Å². The molecule has 0 N–H and O–H groups in total. The summed E-state index contributed by atoms with van der Waals surface area (Å²) in [6.07, 6.45) is -3.14. The molecule has 1 nitrogen and oxygen atoms in total. The molecule has 0 aliphatic heterocycles. The van der Waals surface area contributed by atoms with Gasteiger partial charge >= 0.3 is 6.18 Å². The fraction of sp³-hybridized carbons (Fsp3) is 0.444. The molecular formula is C9H12F3N. The molecule has 0 spiro atoms. The summed E-state index contributed by atoms with van der Waals surface area (Å²) in [4.78, 5) is 3.55. The summed E-state index contributed by atoms with van der Waals surface area (Å²) in [6.45, 7) is 6.00. The fourth-order valence-electron chi connectivity index (χ4n) is 0.809. The monoisotopic (exact) mass is 191 g/mol. The van der Waals surface area contributed by atoms with Crippen LogP contribution in [0, 0.1) is 0 Å². The number of halogens is 3. The minimum absolute atomic E-state index is 0.0509. The highest BCUT2D eigenvalue weighted by Gasteiger charge is 2.32. The molecule has 0 bridgehead atoms. The van der Waals surface area contributed by atoms with Crippen LogP contribution in [-0.2, 0) is 0 Å². The van der Waals surface area contributed by atoms with Crippen molar-refractivity contribution in [2.24, 2.45) is 4.99 Å². The molecule has 0 aromatic heterocycles. The maximum atomic E-state index is 12.2. The lowest BCUT2D eigenvalue weighted by molar-refractivity contribution is -0.0916. The second kappa shape index (κ2) is 4.25. The van der Waals surface area contributed by atoms with Crippen molar-refractivity contribution in [1.82, 2.24) is 0 Å². The molecule has 0 atom stereocenters. The number of allylic oxidation sites excluding steroid dienone is 3. The molecule has 0 heterocycles. The lowest BCUT2D eigenvalue weighted by atomic mass is 10.0. The van der Waals surface area contributed by atoms with Gasteiger partial charge in [0.05, 0.1) is 0 Å². The van der Waals surface area contributed by atoms with Gasteiger partial charge in [0.2, 0.25) is 0 Å². The van der Waals surface area contributed by atoms with Gasteiger partial charge in [0.1, 0.15) is 0 Å². The summed E-state index contributed by atoms with van der Waals surface area (Å²) in [7, 11) is 1.42. The van der Waals surface area contributed by atoms with E-state index in [1.807, 2.05) is 0 Å². The zero-order valence-corrected chi connectivity index (χ0v) is 7.87. The third-order valence-electron chi connectivity index (χ3n) is 1.55. The average Bonchev–Trinajstić information content (AvgIpc) is 1.96. The third kappa shape index (κ3) is 3.44. The molecule has 0 amide bonds. The van der Waals surface area contributed by atoms with E-state index in [1.165, 1.54) is 20.2 Å². The number of aliphatic imine (C=N–C) groups is 1. The van der Waals surface area contributed by atoms with Crippen molar-refractivity contribution >= 4 is 6.21 Å². The van der Waals surface area contributed by atoms with E-state index in [0.717, 1.165) is 6.92 Å². The Bertz CT molecular complexity index is 259. The quantitative estimate of drug-likeness (QED) is 0.469. The van der Waals surface area contributed by atoms with Gasteiger partial charge < -0.3 is 0 Å². The highest BCUT2D eigenvalue weighted by atomic mass is 19.4. The Labute approximate surface area is 75.7 Å². The van der Waals surface area contributed by atoms with Crippen LogP contribution < -0.4 is 0 Å². The van der Waals surface area contributed by atoms with Gasteiger partial charge in [-0.1, -0.05) is 6.58 Å². The predicted octanol–water partition coefficient (Wildman–Crippen LogP) is 3.14. The summed E-state index contributed by atoms with van der Waals surface area (Å²) in [6, 6.07) is 0. The van der Waals surface area contributed by atoms with Gasteiger partial charge in [0, 0.05) is 24.4 Å². The van der Waals surface area contributed by atoms with Crippen LogP contribution in [0.5, 0.6) is 0 Å². The van der Waals surface area contributed by atoms with Crippen LogP contribution in [0.3, 0.4) is 0 Å². The smallest absolute Gasteiger partial charge is 0.296 e. The number of nitrogens with zero attached hydrogens (tertiary/aromatic N) is 1. The van der Waals surface area contributed by atoms with Crippen molar-refractivity contribution < 1.29 is 13.2 Å². The first-order valence-corrected chi connectivity index (χ1v) is 3.66. The van der Waals surface area contributed by atoms with Crippen molar-refractivity contribution in [3.05, 3.63) is 23.3 Å². The molecule has 0 aliphatic carbocycles. The molecule has 0 saturated carbocycles. The largest absolute Gasteiger partial charge is 0.413 e. The zero-order valence-electron chi connectivity index (χ0n) is 7.87. The lowest BCUT2D eigenvalue weighted by Gasteiger charge is -2.11. The topological polar surface area (TPSA) is 12.4 Å². The van der Waals surface area contributed by atoms with Gasteiger partial charge in [0.25, 0.3) is 0 Å². The molecule has 4 heteroatoms. The molecule has 13 heavy (non-hydrogen) atoms. The Morgan fingerprint density at radius 2 is 1.77 bits per heavy atom. The van der Waals surface area contributed by atoms with Crippen molar-refractivity contribution in [1.29, 1.82) is 0 Å². The number of hydrogen-bond donors (Lipinski definition) is 0. The van der Waals surface area contributed by atoms with E-state index in [2.05, 4.69) is 11.6 Å². The molecule has 0 saturated heterocycles. The first kappa shape index (κ1) is 11.9.